The van der Waals surface area contributed by atoms with E-state index in [2.05, 4.69) is 21.2 Å². The molecule has 1 heterocycles. The molecule has 20 heavy (non-hydrogen) atoms. The zero-order valence-corrected chi connectivity index (χ0v) is 13.1. The summed E-state index contributed by atoms with van der Waals surface area (Å²) in [6.07, 6.45) is 0. The zero-order chi connectivity index (χ0) is 14.5. The Labute approximate surface area is 127 Å². The van der Waals surface area contributed by atoms with Crippen LogP contribution in [0.4, 0.5) is 4.39 Å². The number of carbonyl (C=O) groups is 1. The van der Waals surface area contributed by atoms with Crippen LogP contribution in [-0.4, -0.2) is 55.5 Å². The number of nitrogens with zero attached hydrogens (tertiary/aromatic N) is 2. The number of carbonyl (C=O) groups excluding carboxylic acids is 1. The van der Waals surface area contributed by atoms with Crippen molar-refractivity contribution in [3.05, 3.63) is 34.1 Å². The van der Waals surface area contributed by atoms with Gasteiger partial charge in [0.25, 0.3) is 0 Å². The lowest BCUT2D eigenvalue weighted by atomic mass is 10.2. The monoisotopic (exact) mass is 343 g/mol. The maximum Gasteiger partial charge on any atom is 0.236 e. The summed E-state index contributed by atoms with van der Waals surface area (Å²) in [5.74, 6) is -0.133. The minimum absolute atomic E-state index is 0.126. The van der Waals surface area contributed by atoms with E-state index in [0.717, 1.165) is 36.2 Å². The first kappa shape index (κ1) is 15.4. The smallest absolute Gasteiger partial charge is 0.236 e. The fraction of sp³-hybridized carbons (Fsp3) is 0.500. The van der Waals surface area contributed by atoms with Crippen LogP contribution in [0.5, 0.6) is 0 Å². The lowest BCUT2D eigenvalue weighted by molar-refractivity contribution is -0.132. The number of benzene rings is 1. The maximum absolute atomic E-state index is 13.2. The van der Waals surface area contributed by atoms with E-state index in [9.17, 15) is 9.18 Å². The van der Waals surface area contributed by atoms with E-state index >= 15 is 0 Å². The summed E-state index contributed by atoms with van der Waals surface area (Å²) < 4.78 is 14.1. The number of hydrogen-bond donors (Lipinski definition) is 1. The molecule has 0 aromatic heterocycles. The lowest BCUT2D eigenvalue weighted by Crippen LogP contribution is -2.49. The fourth-order valence-electron chi connectivity index (χ4n) is 2.26. The number of rotatable bonds is 4. The van der Waals surface area contributed by atoms with Crippen LogP contribution in [0.2, 0.25) is 0 Å². The molecule has 6 heteroatoms. The molecule has 1 N–H and O–H groups in total. The highest BCUT2D eigenvalue weighted by atomic mass is 79.9. The number of halogens is 2. The van der Waals surface area contributed by atoms with Gasteiger partial charge in [0.2, 0.25) is 5.91 Å². The third-order valence-corrected chi connectivity index (χ3v) is 4.10. The second kappa shape index (κ2) is 7.15. The Balaban J connectivity index is 1.89. The van der Waals surface area contributed by atoms with Crippen LogP contribution in [0.3, 0.4) is 0 Å². The summed E-state index contributed by atoms with van der Waals surface area (Å²) >= 11 is 3.40. The molecule has 0 bridgehead atoms. The van der Waals surface area contributed by atoms with Crippen LogP contribution in [0.15, 0.2) is 22.7 Å². The predicted molar refractivity (Wildman–Crippen MR) is 79.9 cm³/mol. The van der Waals surface area contributed by atoms with Crippen molar-refractivity contribution in [1.82, 2.24) is 15.1 Å². The highest BCUT2D eigenvalue weighted by Gasteiger charge is 2.18. The number of amides is 1. The molecule has 0 unspecified atom stereocenters. The normalized spacial score (nSPS) is 15.7. The van der Waals surface area contributed by atoms with Crippen molar-refractivity contribution < 1.29 is 9.18 Å². The first-order chi connectivity index (χ1) is 9.56. The molecule has 1 aliphatic heterocycles. The molecule has 4 nitrogen and oxygen atoms in total. The van der Waals surface area contributed by atoms with Crippen LogP contribution < -0.4 is 5.32 Å². The molecule has 0 aliphatic carbocycles. The summed E-state index contributed by atoms with van der Waals surface area (Å²) in [6, 6.07) is 4.60. The van der Waals surface area contributed by atoms with Crippen LogP contribution in [0, 0.1) is 5.82 Å². The number of likely N-dealkylation sites (N-methyl/N-ethyl adjacent to an activating group) is 1. The van der Waals surface area contributed by atoms with Crippen molar-refractivity contribution in [2.45, 2.75) is 6.54 Å². The third-order valence-electron chi connectivity index (χ3n) is 3.32. The molecule has 1 aromatic carbocycles. The predicted octanol–water partition coefficient (Wildman–Crippen LogP) is 1.45. The van der Waals surface area contributed by atoms with Crippen LogP contribution in [-0.2, 0) is 11.3 Å². The van der Waals surface area contributed by atoms with Gasteiger partial charge in [-0.3, -0.25) is 9.69 Å². The van der Waals surface area contributed by atoms with Gasteiger partial charge in [-0.25, -0.2) is 4.39 Å². The molecule has 1 aliphatic rings. The van der Waals surface area contributed by atoms with E-state index in [1.165, 1.54) is 12.1 Å². The van der Waals surface area contributed by atoms with E-state index in [4.69, 9.17) is 0 Å². The number of hydrogen-bond acceptors (Lipinski definition) is 3. The van der Waals surface area contributed by atoms with Crippen molar-refractivity contribution >= 4 is 21.8 Å². The maximum atomic E-state index is 13.2. The van der Waals surface area contributed by atoms with Crippen LogP contribution in [0.25, 0.3) is 0 Å². The Bertz CT molecular complexity index is 477. The molecule has 1 amide bonds. The van der Waals surface area contributed by atoms with Gasteiger partial charge in [0.1, 0.15) is 5.82 Å². The van der Waals surface area contributed by atoms with Gasteiger partial charge in [0, 0.05) is 37.2 Å². The van der Waals surface area contributed by atoms with Crippen LogP contribution in [0.1, 0.15) is 5.56 Å². The standard InChI is InChI=1S/C14H19BrFN3O/c1-18(9-11-8-12(16)2-3-13(11)15)10-14(20)19-6-4-17-5-7-19/h2-3,8,17H,4-7,9-10H2,1H3. The minimum atomic E-state index is -0.259. The summed E-state index contributed by atoms with van der Waals surface area (Å²) in [5, 5.41) is 3.22. The first-order valence-corrected chi connectivity index (χ1v) is 7.46. The average molecular weight is 344 g/mol. The van der Waals surface area contributed by atoms with E-state index in [1.54, 1.807) is 6.07 Å². The fourth-order valence-corrected chi connectivity index (χ4v) is 2.63. The zero-order valence-electron chi connectivity index (χ0n) is 11.5. The van der Waals surface area contributed by atoms with Gasteiger partial charge >= 0.3 is 0 Å². The summed E-state index contributed by atoms with van der Waals surface area (Å²) in [7, 11) is 1.87. The molecule has 0 saturated carbocycles. The third kappa shape index (κ3) is 4.26. The summed E-state index contributed by atoms with van der Waals surface area (Å²) in [5.41, 5.74) is 0.848. The highest BCUT2D eigenvalue weighted by molar-refractivity contribution is 9.10. The Morgan fingerprint density at radius 1 is 1.45 bits per heavy atom. The molecule has 1 saturated heterocycles. The molecular formula is C14H19BrFN3O. The van der Waals surface area contributed by atoms with Crippen molar-refractivity contribution in [3.8, 4) is 0 Å². The topological polar surface area (TPSA) is 35.6 Å². The van der Waals surface area contributed by atoms with Gasteiger partial charge in [0.05, 0.1) is 6.54 Å². The van der Waals surface area contributed by atoms with E-state index in [1.807, 2.05) is 16.8 Å². The SMILES string of the molecule is CN(CC(=O)N1CCNCC1)Cc1cc(F)ccc1Br. The molecule has 110 valence electrons. The molecule has 0 spiro atoms. The van der Waals surface area contributed by atoms with E-state index in [0.29, 0.717) is 13.1 Å². The molecule has 2 rings (SSSR count). The van der Waals surface area contributed by atoms with Gasteiger partial charge in [-0.1, -0.05) is 15.9 Å². The molecule has 1 aromatic rings. The number of nitrogens with one attached hydrogen (secondary N) is 1. The molecule has 0 radical (unpaired) electrons. The first-order valence-electron chi connectivity index (χ1n) is 6.67. The lowest BCUT2D eigenvalue weighted by Gasteiger charge is -2.29. The van der Waals surface area contributed by atoms with Crippen LogP contribution >= 0.6 is 15.9 Å². The molecule has 0 atom stereocenters. The quantitative estimate of drug-likeness (QED) is 0.898. The van der Waals surface area contributed by atoms with Gasteiger partial charge in [-0.05, 0) is 30.8 Å². The van der Waals surface area contributed by atoms with Crippen molar-refractivity contribution in [2.75, 3.05) is 39.8 Å². The highest BCUT2D eigenvalue weighted by Crippen LogP contribution is 2.19. The summed E-state index contributed by atoms with van der Waals surface area (Å²) in [4.78, 5) is 15.9. The average Bonchev–Trinajstić information content (AvgIpc) is 2.43. The van der Waals surface area contributed by atoms with Gasteiger partial charge in [-0.15, -0.1) is 0 Å². The largest absolute Gasteiger partial charge is 0.339 e. The van der Waals surface area contributed by atoms with E-state index < -0.39 is 0 Å². The minimum Gasteiger partial charge on any atom is -0.339 e. The van der Waals surface area contributed by atoms with E-state index in [-0.39, 0.29) is 11.7 Å². The summed E-state index contributed by atoms with van der Waals surface area (Å²) in [6.45, 7) is 4.11. The Morgan fingerprint density at radius 2 is 2.15 bits per heavy atom. The molecule has 1 fully saturated rings. The Hall–Kier alpha value is -0.980. The van der Waals surface area contributed by atoms with Crippen molar-refractivity contribution in [1.29, 1.82) is 0 Å². The van der Waals surface area contributed by atoms with Crippen molar-refractivity contribution in [3.63, 3.8) is 0 Å². The number of piperazine rings is 1. The Kier molecular flexibility index (Phi) is 5.51. The Morgan fingerprint density at radius 3 is 2.85 bits per heavy atom. The second-order valence-corrected chi connectivity index (χ2v) is 5.89. The molecular weight excluding hydrogens is 325 g/mol. The van der Waals surface area contributed by atoms with Crippen molar-refractivity contribution in [2.24, 2.45) is 0 Å². The van der Waals surface area contributed by atoms with Gasteiger partial charge < -0.3 is 10.2 Å². The second-order valence-electron chi connectivity index (χ2n) is 5.04. The van der Waals surface area contributed by atoms with Gasteiger partial charge in [-0.2, -0.15) is 0 Å². The van der Waals surface area contributed by atoms with Gasteiger partial charge in [0.15, 0.2) is 0 Å².